The third kappa shape index (κ3) is 3.31. The van der Waals surface area contributed by atoms with Crippen LogP contribution >= 0.6 is 0 Å². The van der Waals surface area contributed by atoms with Crippen LogP contribution in [0.2, 0.25) is 0 Å². The predicted molar refractivity (Wildman–Crippen MR) is 107 cm³/mol. The number of aryl methyl sites for hydroxylation is 2. The molecule has 0 radical (unpaired) electrons. The summed E-state index contributed by atoms with van der Waals surface area (Å²) in [6, 6.07) is 15.7. The van der Waals surface area contributed by atoms with E-state index in [9.17, 15) is 9.59 Å². The minimum atomic E-state index is -0.730. The summed E-state index contributed by atoms with van der Waals surface area (Å²) in [5, 5.41) is 3.23. The molecule has 0 bridgehead atoms. The topological polar surface area (TPSA) is 58.6 Å². The van der Waals surface area contributed by atoms with E-state index < -0.39 is 12.1 Å². The highest BCUT2D eigenvalue weighted by atomic mass is 16.5. The van der Waals surface area contributed by atoms with Crippen LogP contribution in [0.3, 0.4) is 0 Å². The third-order valence-corrected chi connectivity index (χ3v) is 5.93. The quantitative estimate of drug-likeness (QED) is 0.890. The SMILES string of the molecule is Cc1cccc(C2(NC(=O)[C@H]3OCC(=O)N(C)[C@@H]3c3ccccc3C)CC2)c1. The molecule has 0 spiro atoms. The number of hydrogen-bond acceptors (Lipinski definition) is 3. The minimum Gasteiger partial charge on any atom is -0.356 e. The Morgan fingerprint density at radius 2 is 1.89 bits per heavy atom. The van der Waals surface area contributed by atoms with Crippen molar-refractivity contribution in [2.45, 2.75) is 44.4 Å². The first kappa shape index (κ1) is 18.7. The fourth-order valence-electron chi connectivity index (χ4n) is 4.08. The largest absolute Gasteiger partial charge is 0.356 e. The number of amides is 2. The predicted octanol–water partition coefficient (Wildman–Crippen LogP) is 3.01. The van der Waals surface area contributed by atoms with Gasteiger partial charge in [0, 0.05) is 7.05 Å². The first-order valence-electron chi connectivity index (χ1n) is 9.73. The number of rotatable bonds is 4. The van der Waals surface area contributed by atoms with Gasteiger partial charge < -0.3 is 15.0 Å². The van der Waals surface area contributed by atoms with Crippen LogP contribution in [0.25, 0.3) is 0 Å². The molecule has 1 saturated heterocycles. The highest BCUT2D eigenvalue weighted by molar-refractivity contribution is 5.87. The average Bonchev–Trinajstić information content (AvgIpc) is 3.45. The van der Waals surface area contributed by atoms with Crippen molar-refractivity contribution in [3.63, 3.8) is 0 Å². The van der Waals surface area contributed by atoms with Gasteiger partial charge in [0.2, 0.25) is 5.91 Å². The third-order valence-electron chi connectivity index (χ3n) is 5.93. The first-order valence-corrected chi connectivity index (χ1v) is 9.73. The number of ether oxygens (including phenoxy) is 1. The molecule has 1 aliphatic carbocycles. The van der Waals surface area contributed by atoms with Gasteiger partial charge in [-0.1, -0.05) is 54.1 Å². The van der Waals surface area contributed by atoms with Gasteiger partial charge in [0.1, 0.15) is 6.61 Å². The molecule has 1 aliphatic heterocycles. The lowest BCUT2D eigenvalue weighted by atomic mass is 9.93. The second-order valence-corrected chi connectivity index (χ2v) is 7.98. The second kappa shape index (κ2) is 7.06. The average molecular weight is 378 g/mol. The van der Waals surface area contributed by atoms with Crippen molar-refractivity contribution in [1.29, 1.82) is 0 Å². The molecule has 1 heterocycles. The van der Waals surface area contributed by atoms with E-state index in [0.717, 1.165) is 29.5 Å². The monoisotopic (exact) mass is 378 g/mol. The van der Waals surface area contributed by atoms with Gasteiger partial charge in [-0.15, -0.1) is 0 Å². The summed E-state index contributed by atoms with van der Waals surface area (Å²) in [4.78, 5) is 27.2. The Morgan fingerprint density at radius 3 is 2.57 bits per heavy atom. The molecule has 1 saturated carbocycles. The number of carbonyl (C=O) groups is 2. The molecule has 5 heteroatoms. The van der Waals surface area contributed by atoms with Crippen molar-refractivity contribution >= 4 is 11.8 Å². The Balaban J connectivity index is 1.62. The molecule has 28 heavy (non-hydrogen) atoms. The van der Waals surface area contributed by atoms with Crippen LogP contribution in [-0.2, 0) is 19.9 Å². The zero-order valence-electron chi connectivity index (χ0n) is 16.6. The van der Waals surface area contributed by atoms with Gasteiger partial charge >= 0.3 is 0 Å². The van der Waals surface area contributed by atoms with E-state index in [4.69, 9.17) is 4.74 Å². The molecule has 2 fully saturated rings. The smallest absolute Gasteiger partial charge is 0.252 e. The molecule has 2 aromatic rings. The summed E-state index contributed by atoms with van der Waals surface area (Å²) < 4.78 is 5.77. The fourth-order valence-corrected chi connectivity index (χ4v) is 4.08. The van der Waals surface area contributed by atoms with Crippen molar-refractivity contribution in [2.75, 3.05) is 13.7 Å². The van der Waals surface area contributed by atoms with Gasteiger partial charge in [0.25, 0.3) is 5.91 Å². The van der Waals surface area contributed by atoms with Crippen molar-refractivity contribution in [3.8, 4) is 0 Å². The molecule has 146 valence electrons. The van der Waals surface area contributed by atoms with Crippen LogP contribution in [-0.4, -0.2) is 36.5 Å². The Kier molecular flexibility index (Phi) is 4.71. The summed E-state index contributed by atoms with van der Waals surface area (Å²) >= 11 is 0. The lowest BCUT2D eigenvalue weighted by molar-refractivity contribution is -0.162. The standard InChI is InChI=1S/C23H26N2O3/c1-15-7-6-9-17(13-15)23(11-12-23)24-22(27)21-20(25(3)19(26)14-28-21)18-10-5-4-8-16(18)2/h4-10,13,20-21H,11-12,14H2,1-3H3,(H,24,27)/t20-,21+/m1/s1. The number of nitrogens with zero attached hydrogens (tertiary/aromatic N) is 1. The lowest BCUT2D eigenvalue weighted by Crippen LogP contribution is -2.54. The summed E-state index contributed by atoms with van der Waals surface area (Å²) in [6.07, 6.45) is 1.10. The van der Waals surface area contributed by atoms with Crippen LogP contribution in [0.15, 0.2) is 48.5 Å². The highest BCUT2D eigenvalue weighted by Gasteiger charge is 2.49. The Hall–Kier alpha value is -2.66. The number of morpholine rings is 1. The molecule has 0 aromatic heterocycles. The van der Waals surface area contributed by atoms with E-state index in [-0.39, 0.29) is 24.0 Å². The normalized spacial score (nSPS) is 23.4. The minimum absolute atomic E-state index is 0.0750. The van der Waals surface area contributed by atoms with Crippen molar-refractivity contribution in [3.05, 3.63) is 70.8 Å². The second-order valence-electron chi connectivity index (χ2n) is 7.98. The molecule has 2 amide bonds. The van der Waals surface area contributed by atoms with Crippen molar-refractivity contribution < 1.29 is 14.3 Å². The Morgan fingerprint density at radius 1 is 1.14 bits per heavy atom. The molecule has 2 aromatic carbocycles. The number of benzene rings is 2. The Labute approximate surface area is 165 Å². The van der Waals surface area contributed by atoms with Crippen LogP contribution in [0.1, 0.15) is 41.1 Å². The van der Waals surface area contributed by atoms with E-state index in [1.807, 2.05) is 37.3 Å². The van der Waals surface area contributed by atoms with E-state index in [1.165, 1.54) is 5.56 Å². The molecule has 0 unspecified atom stereocenters. The van der Waals surface area contributed by atoms with E-state index >= 15 is 0 Å². The van der Waals surface area contributed by atoms with E-state index in [2.05, 4.69) is 30.4 Å². The highest BCUT2D eigenvalue weighted by Crippen LogP contribution is 2.46. The number of likely N-dealkylation sites (N-methyl/N-ethyl adjacent to an activating group) is 1. The first-order chi connectivity index (χ1) is 13.4. The van der Waals surface area contributed by atoms with Crippen LogP contribution < -0.4 is 5.32 Å². The maximum Gasteiger partial charge on any atom is 0.252 e. The summed E-state index contributed by atoms with van der Waals surface area (Å²) in [6.45, 7) is 3.97. The van der Waals surface area contributed by atoms with E-state index in [0.29, 0.717) is 0 Å². The molecule has 1 N–H and O–H groups in total. The summed E-state index contributed by atoms with van der Waals surface area (Å²) in [5.74, 6) is -0.274. The van der Waals surface area contributed by atoms with Gasteiger partial charge in [0.05, 0.1) is 11.6 Å². The van der Waals surface area contributed by atoms with Gasteiger partial charge in [-0.3, -0.25) is 9.59 Å². The van der Waals surface area contributed by atoms with Gasteiger partial charge in [-0.05, 0) is 43.4 Å². The molecular weight excluding hydrogens is 352 g/mol. The Bertz CT molecular complexity index is 920. The maximum atomic E-state index is 13.3. The fraction of sp³-hybridized carbons (Fsp3) is 0.391. The van der Waals surface area contributed by atoms with Crippen LogP contribution in [0, 0.1) is 13.8 Å². The van der Waals surface area contributed by atoms with Crippen molar-refractivity contribution in [1.82, 2.24) is 10.2 Å². The molecule has 2 atom stereocenters. The van der Waals surface area contributed by atoms with Crippen molar-refractivity contribution in [2.24, 2.45) is 0 Å². The number of hydrogen-bond donors (Lipinski definition) is 1. The zero-order valence-corrected chi connectivity index (χ0v) is 16.6. The summed E-state index contributed by atoms with van der Waals surface area (Å²) in [5.41, 5.74) is 3.97. The molecule has 4 rings (SSSR count). The summed E-state index contributed by atoms with van der Waals surface area (Å²) in [7, 11) is 1.75. The van der Waals surface area contributed by atoms with Crippen LogP contribution in [0.5, 0.6) is 0 Å². The zero-order chi connectivity index (χ0) is 19.9. The molecule has 2 aliphatic rings. The van der Waals surface area contributed by atoms with Gasteiger partial charge in [-0.25, -0.2) is 0 Å². The van der Waals surface area contributed by atoms with Gasteiger partial charge in [0.15, 0.2) is 6.10 Å². The maximum absolute atomic E-state index is 13.3. The number of nitrogens with one attached hydrogen (secondary N) is 1. The molecule has 5 nitrogen and oxygen atoms in total. The number of carbonyl (C=O) groups excluding carboxylic acids is 2. The lowest BCUT2D eigenvalue weighted by Gasteiger charge is -2.39. The van der Waals surface area contributed by atoms with Crippen LogP contribution in [0.4, 0.5) is 0 Å². The van der Waals surface area contributed by atoms with Gasteiger partial charge in [-0.2, -0.15) is 0 Å². The molecular formula is C23H26N2O3. The van der Waals surface area contributed by atoms with E-state index in [1.54, 1.807) is 11.9 Å².